The van der Waals surface area contributed by atoms with Crippen LogP contribution in [0, 0.1) is 0 Å². The molecule has 0 radical (unpaired) electrons. The van der Waals surface area contributed by atoms with Crippen LogP contribution < -0.4 is 14.6 Å². The van der Waals surface area contributed by atoms with E-state index in [9.17, 15) is 15.0 Å². The Bertz CT molecular complexity index is 783. The van der Waals surface area contributed by atoms with Gasteiger partial charge in [0.25, 0.3) is 0 Å². The number of piperidine rings is 1. The summed E-state index contributed by atoms with van der Waals surface area (Å²) >= 11 is 6.04. The fourth-order valence-electron chi connectivity index (χ4n) is 3.29. The molecule has 1 aliphatic heterocycles. The fraction of sp³-hybridized carbons (Fsp3) is 0.381. The van der Waals surface area contributed by atoms with Crippen molar-refractivity contribution < 1.29 is 24.5 Å². The van der Waals surface area contributed by atoms with E-state index in [1.54, 1.807) is 6.07 Å². The number of β-amino-alcohol motifs (C(OH)–C–C–N with tert-alkyl or cyclic N) is 1. The summed E-state index contributed by atoms with van der Waals surface area (Å²) in [5, 5.41) is 21.7. The molecule has 0 aliphatic carbocycles. The second-order valence-corrected chi connectivity index (χ2v) is 7.13. The minimum atomic E-state index is -1.24. The molecule has 1 saturated heterocycles. The van der Waals surface area contributed by atoms with Crippen molar-refractivity contribution in [1.29, 1.82) is 0 Å². The molecule has 7 heteroatoms. The van der Waals surface area contributed by atoms with Gasteiger partial charge in [-0.05, 0) is 36.2 Å². The number of aliphatic hydroxyl groups is 1. The number of hydrogen-bond acceptors (Lipinski definition) is 5. The Labute approximate surface area is 169 Å². The van der Waals surface area contributed by atoms with Gasteiger partial charge < -0.3 is 29.4 Å². The van der Waals surface area contributed by atoms with Crippen molar-refractivity contribution in [3.05, 3.63) is 59.1 Å². The smallest absolute Gasteiger partial charge is 0.137 e. The number of carbonyl (C=O) groups excluding carboxylic acids is 1. The largest absolute Gasteiger partial charge is 0.530 e. The molecule has 3 rings (SSSR count). The van der Waals surface area contributed by atoms with Gasteiger partial charge in [-0.2, -0.15) is 0 Å². The first-order chi connectivity index (χ1) is 13.5. The van der Waals surface area contributed by atoms with E-state index >= 15 is 0 Å². The van der Waals surface area contributed by atoms with Gasteiger partial charge in [0.05, 0.1) is 24.3 Å². The molecule has 2 aromatic rings. The summed E-state index contributed by atoms with van der Waals surface area (Å²) in [5.41, 5.74) is 0.972. The average Bonchev–Trinajstić information content (AvgIpc) is 2.69. The number of hydrogen-bond donors (Lipinski definition) is 1. The summed E-state index contributed by atoms with van der Waals surface area (Å²) in [6.45, 7) is 1.46. The lowest BCUT2D eigenvalue weighted by Gasteiger charge is -2.37. The fourth-order valence-corrected chi connectivity index (χ4v) is 3.48. The molecule has 0 saturated carbocycles. The summed E-state index contributed by atoms with van der Waals surface area (Å²) in [5.74, 6) is 1.31. The number of nitrogens with zero attached hydrogens (tertiary/aromatic N) is 1. The molecule has 1 fully saturated rings. The van der Waals surface area contributed by atoms with Gasteiger partial charge in [0, 0.05) is 25.4 Å². The molecule has 2 aromatic carbocycles. The molecule has 1 heterocycles. The second kappa shape index (κ2) is 9.66. The summed E-state index contributed by atoms with van der Waals surface area (Å²) in [6, 6.07) is 14.9. The van der Waals surface area contributed by atoms with Gasteiger partial charge in [-0.15, -0.1) is 0 Å². The number of carboxylic acid groups (broad SMARTS) is 1. The van der Waals surface area contributed by atoms with Crippen LogP contribution in [0.5, 0.6) is 11.5 Å². The molecular formula is C21H23ClNO5-. The molecule has 0 aromatic heterocycles. The van der Waals surface area contributed by atoms with Crippen LogP contribution >= 0.6 is 11.6 Å². The summed E-state index contributed by atoms with van der Waals surface area (Å²) < 4.78 is 11.3. The maximum Gasteiger partial charge on any atom is 0.137 e. The highest BCUT2D eigenvalue weighted by Crippen LogP contribution is 2.29. The standard InChI is InChI=1S/C21H24ClNO5/c22-18-4-1-2-5-20(18)28-13-3-12-27-16-8-6-15(7-9-16)17-10-11-23(21(25)26)14-19(17)24/h1-2,4-9,17,19,24H,3,10-14H2,(H,25,26)/p-1. The van der Waals surface area contributed by atoms with Crippen molar-refractivity contribution in [2.24, 2.45) is 0 Å². The van der Waals surface area contributed by atoms with Gasteiger partial charge in [0.2, 0.25) is 0 Å². The predicted molar refractivity (Wildman–Crippen MR) is 104 cm³/mol. The van der Waals surface area contributed by atoms with Crippen LogP contribution in [0.2, 0.25) is 5.02 Å². The molecule has 28 heavy (non-hydrogen) atoms. The van der Waals surface area contributed by atoms with Gasteiger partial charge in [-0.1, -0.05) is 35.9 Å². The molecular weight excluding hydrogens is 382 g/mol. The van der Waals surface area contributed by atoms with Crippen LogP contribution in [0.25, 0.3) is 0 Å². The van der Waals surface area contributed by atoms with Gasteiger partial charge in [0.15, 0.2) is 0 Å². The van der Waals surface area contributed by atoms with E-state index in [1.807, 2.05) is 42.5 Å². The Kier molecular flexibility index (Phi) is 7.01. The summed E-state index contributed by atoms with van der Waals surface area (Å²) in [7, 11) is 0. The normalized spacial score (nSPS) is 19.3. The molecule has 1 amide bonds. The Hall–Kier alpha value is -2.44. The molecule has 150 valence electrons. The number of rotatable bonds is 7. The van der Waals surface area contributed by atoms with Crippen molar-refractivity contribution in [3.8, 4) is 11.5 Å². The third kappa shape index (κ3) is 5.30. The quantitative estimate of drug-likeness (QED) is 0.717. The molecule has 0 bridgehead atoms. The van der Waals surface area contributed by atoms with E-state index < -0.39 is 12.2 Å². The van der Waals surface area contributed by atoms with E-state index in [-0.39, 0.29) is 12.5 Å². The molecule has 1 aliphatic rings. The molecule has 1 N–H and O–H groups in total. The lowest BCUT2D eigenvalue weighted by atomic mass is 9.87. The van der Waals surface area contributed by atoms with Crippen LogP contribution in [-0.2, 0) is 0 Å². The first kappa shape index (κ1) is 20.3. The first-order valence-electron chi connectivity index (χ1n) is 9.28. The lowest BCUT2D eigenvalue weighted by Crippen LogP contribution is -2.50. The SMILES string of the molecule is O=C([O-])N1CCC(c2ccc(OCCCOc3ccccc3Cl)cc2)C(O)C1. The van der Waals surface area contributed by atoms with E-state index in [0.717, 1.165) is 16.2 Å². The van der Waals surface area contributed by atoms with Crippen LogP contribution in [0.4, 0.5) is 4.79 Å². The Morgan fingerprint density at radius 1 is 1.14 bits per heavy atom. The zero-order valence-corrected chi connectivity index (χ0v) is 16.2. The van der Waals surface area contributed by atoms with Crippen molar-refractivity contribution in [2.45, 2.75) is 24.9 Å². The minimum absolute atomic E-state index is 0.0800. The van der Waals surface area contributed by atoms with Crippen LogP contribution in [0.1, 0.15) is 24.3 Å². The Morgan fingerprint density at radius 2 is 1.86 bits per heavy atom. The summed E-state index contributed by atoms with van der Waals surface area (Å²) in [4.78, 5) is 12.0. The number of aliphatic hydroxyl groups excluding tert-OH is 1. The number of benzene rings is 2. The third-order valence-corrected chi connectivity index (χ3v) is 5.11. The number of halogens is 1. The molecule has 6 nitrogen and oxygen atoms in total. The number of amides is 1. The highest BCUT2D eigenvalue weighted by Gasteiger charge is 2.28. The number of likely N-dealkylation sites (tertiary alicyclic amines) is 1. The third-order valence-electron chi connectivity index (χ3n) is 4.80. The van der Waals surface area contributed by atoms with Crippen LogP contribution in [0.15, 0.2) is 48.5 Å². The number of para-hydroxylation sites is 1. The Balaban J connectivity index is 1.42. The van der Waals surface area contributed by atoms with Crippen molar-refractivity contribution in [3.63, 3.8) is 0 Å². The molecule has 2 atom stereocenters. The minimum Gasteiger partial charge on any atom is -0.530 e. The van der Waals surface area contributed by atoms with Gasteiger partial charge in [-0.25, -0.2) is 0 Å². The van der Waals surface area contributed by atoms with Crippen LogP contribution in [0.3, 0.4) is 0 Å². The second-order valence-electron chi connectivity index (χ2n) is 6.72. The Morgan fingerprint density at radius 3 is 2.54 bits per heavy atom. The van der Waals surface area contributed by atoms with Crippen molar-refractivity contribution in [1.82, 2.24) is 4.90 Å². The van der Waals surface area contributed by atoms with Gasteiger partial charge >= 0.3 is 0 Å². The monoisotopic (exact) mass is 404 g/mol. The van der Waals surface area contributed by atoms with Crippen molar-refractivity contribution >= 4 is 17.7 Å². The number of carbonyl (C=O) groups is 1. The average molecular weight is 405 g/mol. The van der Waals surface area contributed by atoms with E-state index in [4.69, 9.17) is 21.1 Å². The number of ether oxygens (including phenoxy) is 2. The van der Waals surface area contributed by atoms with Gasteiger partial charge in [0.1, 0.15) is 17.6 Å². The van der Waals surface area contributed by atoms with E-state index in [1.165, 1.54) is 0 Å². The topological polar surface area (TPSA) is 82.1 Å². The van der Waals surface area contributed by atoms with E-state index in [2.05, 4.69) is 0 Å². The molecule has 0 spiro atoms. The highest BCUT2D eigenvalue weighted by molar-refractivity contribution is 6.32. The molecule has 2 unspecified atom stereocenters. The zero-order chi connectivity index (χ0) is 19.9. The zero-order valence-electron chi connectivity index (χ0n) is 15.4. The van der Waals surface area contributed by atoms with E-state index in [0.29, 0.717) is 43.4 Å². The maximum atomic E-state index is 10.9. The van der Waals surface area contributed by atoms with Gasteiger partial charge in [-0.3, -0.25) is 0 Å². The van der Waals surface area contributed by atoms with Crippen molar-refractivity contribution in [2.75, 3.05) is 26.3 Å². The lowest BCUT2D eigenvalue weighted by molar-refractivity contribution is -0.268. The first-order valence-corrected chi connectivity index (χ1v) is 9.66. The predicted octanol–water partition coefficient (Wildman–Crippen LogP) is 2.68. The highest BCUT2D eigenvalue weighted by atomic mass is 35.5. The maximum absolute atomic E-state index is 10.9. The summed E-state index contributed by atoms with van der Waals surface area (Å²) in [6.07, 6.45) is -0.692. The van der Waals surface area contributed by atoms with Crippen LogP contribution in [-0.4, -0.2) is 48.5 Å².